The molecule has 7 nitrogen and oxygen atoms in total. The van der Waals surface area contributed by atoms with Gasteiger partial charge in [0.15, 0.2) is 6.23 Å². The van der Waals surface area contributed by atoms with E-state index in [0.717, 1.165) is 22.3 Å². The summed E-state index contributed by atoms with van der Waals surface area (Å²) in [6.45, 7) is 2.28. The summed E-state index contributed by atoms with van der Waals surface area (Å²) in [4.78, 5) is 12.9. The van der Waals surface area contributed by atoms with Crippen molar-refractivity contribution in [3.63, 3.8) is 0 Å². The number of anilines is 1. The Morgan fingerprint density at radius 1 is 1.32 bits per heavy atom. The molecule has 3 rings (SSSR count). The second-order valence-corrected chi connectivity index (χ2v) is 4.92. The zero-order valence-electron chi connectivity index (χ0n) is 12.4. The van der Waals surface area contributed by atoms with E-state index >= 15 is 0 Å². The SMILES string of the molecule is COCC1=C[C@H](O)N=C(Nc2nc(C)c3ccccc3n2)N1. The van der Waals surface area contributed by atoms with Crippen LogP contribution in [0.4, 0.5) is 5.95 Å². The number of benzene rings is 1. The number of rotatable bonds is 3. The minimum absolute atomic E-state index is 0.357. The van der Waals surface area contributed by atoms with E-state index in [1.807, 2.05) is 31.2 Å². The van der Waals surface area contributed by atoms with Gasteiger partial charge < -0.3 is 15.2 Å². The number of aliphatic hydroxyl groups excluding tert-OH is 1. The Labute approximate surface area is 127 Å². The molecule has 1 aliphatic heterocycles. The summed E-state index contributed by atoms with van der Waals surface area (Å²) in [7, 11) is 1.59. The fourth-order valence-corrected chi connectivity index (χ4v) is 2.28. The van der Waals surface area contributed by atoms with E-state index in [-0.39, 0.29) is 0 Å². The number of methoxy groups -OCH3 is 1. The molecule has 0 aliphatic carbocycles. The van der Waals surface area contributed by atoms with Gasteiger partial charge in [0.2, 0.25) is 11.9 Å². The molecule has 0 saturated carbocycles. The van der Waals surface area contributed by atoms with Crippen LogP contribution < -0.4 is 10.6 Å². The molecule has 1 aromatic heterocycles. The third-order valence-corrected chi connectivity index (χ3v) is 3.21. The lowest BCUT2D eigenvalue weighted by molar-refractivity contribution is 0.207. The Balaban J connectivity index is 1.84. The van der Waals surface area contributed by atoms with Gasteiger partial charge in [-0.15, -0.1) is 0 Å². The molecule has 0 saturated heterocycles. The number of aliphatic hydroxyl groups is 1. The molecule has 0 bridgehead atoms. The van der Waals surface area contributed by atoms with Crippen molar-refractivity contribution in [1.29, 1.82) is 0 Å². The van der Waals surface area contributed by atoms with Crippen molar-refractivity contribution in [2.75, 3.05) is 19.0 Å². The van der Waals surface area contributed by atoms with Gasteiger partial charge in [-0.25, -0.2) is 15.0 Å². The second kappa shape index (κ2) is 6.08. The van der Waals surface area contributed by atoms with Crippen LogP contribution in [0, 0.1) is 6.92 Å². The molecule has 7 heteroatoms. The maximum absolute atomic E-state index is 9.74. The van der Waals surface area contributed by atoms with E-state index in [1.54, 1.807) is 13.2 Å². The quantitative estimate of drug-likeness (QED) is 0.787. The Morgan fingerprint density at radius 3 is 2.95 bits per heavy atom. The van der Waals surface area contributed by atoms with Crippen molar-refractivity contribution in [2.45, 2.75) is 13.2 Å². The molecule has 22 heavy (non-hydrogen) atoms. The summed E-state index contributed by atoms with van der Waals surface area (Å²) < 4.78 is 5.05. The fraction of sp³-hybridized carbons (Fsp3) is 0.267. The van der Waals surface area contributed by atoms with Gasteiger partial charge in [-0.3, -0.25) is 5.32 Å². The molecule has 114 valence electrons. The molecule has 0 unspecified atom stereocenters. The summed E-state index contributed by atoms with van der Waals surface area (Å²) in [5.41, 5.74) is 2.45. The van der Waals surface area contributed by atoms with E-state index in [2.05, 4.69) is 25.6 Å². The molecule has 1 atom stereocenters. The average Bonchev–Trinajstić information content (AvgIpc) is 2.47. The zero-order chi connectivity index (χ0) is 15.5. The van der Waals surface area contributed by atoms with Crippen LogP contribution in [0.3, 0.4) is 0 Å². The van der Waals surface area contributed by atoms with Crippen LogP contribution in [0.15, 0.2) is 41.0 Å². The maximum atomic E-state index is 9.74. The van der Waals surface area contributed by atoms with E-state index in [1.165, 1.54) is 0 Å². The van der Waals surface area contributed by atoms with Crippen molar-refractivity contribution in [1.82, 2.24) is 15.3 Å². The Morgan fingerprint density at radius 2 is 2.14 bits per heavy atom. The number of nitrogens with one attached hydrogen (secondary N) is 2. The largest absolute Gasteiger partial charge is 0.378 e. The lowest BCUT2D eigenvalue weighted by Gasteiger charge is -2.19. The lowest BCUT2D eigenvalue weighted by atomic mass is 10.2. The van der Waals surface area contributed by atoms with Crippen molar-refractivity contribution in [2.24, 2.45) is 4.99 Å². The molecular formula is C15H17N5O2. The number of hydrogen-bond donors (Lipinski definition) is 3. The van der Waals surface area contributed by atoms with Crippen LogP contribution >= 0.6 is 0 Å². The Hall–Kier alpha value is -2.51. The summed E-state index contributed by atoms with van der Waals surface area (Å²) in [5, 5.41) is 16.8. The van der Waals surface area contributed by atoms with Crippen LogP contribution in [-0.4, -0.2) is 41.0 Å². The highest BCUT2D eigenvalue weighted by molar-refractivity contribution is 5.95. The number of ether oxygens (including phenoxy) is 1. The first kappa shape index (κ1) is 14.4. The second-order valence-electron chi connectivity index (χ2n) is 4.92. The third kappa shape index (κ3) is 3.05. The van der Waals surface area contributed by atoms with Crippen molar-refractivity contribution < 1.29 is 9.84 Å². The summed E-state index contributed by atoms with van der Waals surface area (Å²) in [6, 6.07) is 7.79. The van der Waals surface area contributed by atoms with Crippen molar-refractivity contribution in [3.05, 3.63) is 41.7 Å². The number of guanidine groups is 1. The number of nitrogens with zero attached hydrogens (tertiary/aromatic N) is 3. The first-order chi connectivity index (χ1) is 10.7. The van der Waals surface area contributed by atoms with E-state index in [9.17, 15) is 5.11 Å². The maximum Gasteiger partial charge on any atom is 0.230 e. The minimum atomic E-state index is -0.921. The number of aromatic nitrogens is 2. The average molecular weight is 299 g/mol. The van der Waals surface area contributed by atoms with Gasteiger partial charge in [-0.05, 0) is 19.1 Å². The third-order valence-electron chi connectivity index (χ3n) is 3.21. The molecule has 0 fully saturated rings. The number of para-hydroxylation sites is 1. The topological polar surface area (TPSA) is 91.7 Å². The highest BCUT2D eigenvalue weighted by Crippen LogP contribution is 2.16. The molecule has 0 amide bonds. The molecule has 2 heterocycles. The highest BCUT2D eigenvalue weighted by atomic mass is 16.5. The smallest absolute Gasteiger partial charge is 0.230 e. The molecule has 3 N–H and O–H groups in total. The van der Waals surface area contributed by atoms with Gasteiger partial charge in [-0.1, -0.05) is 18.2 Å². The highest BCUT2D eigenvalue weighted by Gasteiger charge is 2.14. The number of fused-ring (bicyclic) bond motifs is 1. The molecule has 2 aromatic rings. The molecule has 0 radical (unpaired) electrons. The van der Waals surface area contributed by atoms with Crippen LogP contribution in [0.25, 0.3) is 10.9 Å². The minimum Gasteiger partial charge on any atom is -0.378 e. The first-order valence-electron chi connectivity index (χ1n) is 6.88. The monoisotopic (exact) mass is 299 g/mol. The van der Waals surface area contributed by atoms with Gasteiger partial charge in [-0.2, -0.15) is 0 Å². The van der Waals surface area contributed by atoms with E-state index in [0.29, 0.717) is 18.5 Å². The number of aliphatic imine (C=N–C) groups is 1. The Kier molecular flexibility index (Phi) is 3.99. The van der Waals surface area contributed by atoms with Gasteiger partial charge in [0.25, 0.3) is 0 Å². The van der Waals surface area contributed by atoms with Gasteiger partial charge >= 0.3 is 0 Å². The number of hydrogen-bond acceptors (Lipinski definition) is 7. The van der Waals surface area contributed by atoms with Crippen molar-refractivity contribution >= 4 is 22.8 Å². The summed E-state index contributed by atoms with van der Waals surface area (Å²) in [6.07, 6.45) is 0.664. The van der Waals surface area contributed by atoms with Gasteiger partial charge in [0.05, 0.1) is 17.8 Å². The normalized spacial score (nSPS) is 17.7. The van der Waals surface area contributed by atoms with E-state index in [4.69, 9.17) is 4.74 Å². The predicted octanol–water partition coefficient (Wildman–Crippen LogP) is 1.16. The molecular weight excluding hydrogens is 282 g/mol. The zero-order valence-corrected chi connectivity index (χ0v) is 12.4. The summed E-state index contributed by atoms with van der Waals surface area (Å²) in [5.74, 6) is 0.810. The van der Waals surface area contributed by atoms with Crippen LogP contribution in [-0.2, 0) is 4.74 Å². The van der Waals surface area contributed by atoms with Gasteiger partial charge in [0, 0.05) is 18.2 Å². The molecule has 1 aliphatic rings. The van der Waals surface area contributed by atoms with Crippen LogP contribution in [0.2, 0.25) is 0 Å². The van der Waals surface area contributed by atoms with Gasteiger partial charge in [0.1, 0.15) is 0 Å². The van der Waals surface area contributed by atoms with Crippen LogP contribution in [0.1, 0.15) is 5.69 Å². The molecule has 1 aromatic carbocycles. The fourth-order valence-electron chi connectivity index (χ4n) is 2.28. The predicted molar refractivity (Wildman–Crippen MR) is 84.4 cm³/mol. The van der Waals surface area contributed by atoms with Crippen LogP contribution in [0.5, 0.6) is 0 Å². The summed E-state index contributed by atoms with van der Waals surface area (Å²) >= 11 is 0. The Bertz CT molecular complexity index is 757. The molecule has 0 spiro atoms. The number of aryl methyl sites for hydroxylation is 1. The first-order valence-corrected chi connectivity index (χ1v) is 6.88. The lowest BCUT2D eigenvalue weighted by Crippen LogP contribution is -2.37. The van der Waals surface area contributed by atoms with E-state index < -0.39 is 6.23 Å². The standard InChI is InChI=1S/C15H17N5O2/c1-9-11-5-3-4-6-12(11)18-14(16-9)20-15-17-10(8-22-2)7-13(21)19-15/h3-7,13,21H,8H2,1-2H3,(H2,16,17,18,19,20)/t13-/m0/s1. The van der Waals surface area contributed by atoms with Crippen molar-refractivity contribution in [3.8, 4) is 0 Å².